The zero-order valence-corrected chi connectivity index (χ0v) is 15.2. The SMILES string of the molecule is CN(C)C(CNC(=O)C1=Cc2cc(Cl)ccc2OC1)c1cccs1. The van der Waals surface area contributed by atoms with Crippen LogP contribution in [0.5, 0.6) is 5.75 Å². The van der Waals surface area contributed by atoms with Crippen molar-refractivity contribution in [1.29, 1.82) is 0 Å². The lowest BCUT2D eigenvalue weighted by atomic mass is 10.1. The quantitative estimate of drug-likeness (QED) is 0.883. The summed E-state index contributed by atoms with van der Waals surface area (Å²) in [7, 11) is 4.02. The van der Waals surface area contributed by atoms with Crippen molar-refractivity contribution in [3.05, 3.63) is 56.7 Å². The summed E-state index contributed by atoms with van der Waals surface area (Å²) in [5.41, 5.74) is 1.44. The molecule has 24 heavy (non-hydrogen) atoms. The minimum Gasteiger partial charge on any atom is -0.488 e. The molecule has 0 radical (unpaired) electrons. The number of likely N-dealkylation sites (N-methyl/N-ethyl adjacent to an activating group) is 1. The molecule has 2 heterocycles. The lowest BCUT2D eigenvalue weighted by Gasteiger charge is -2.24. The molecule has 1 aromatic carbocycles. The average Bonchev–Trinajstić information content (AvgIpc) is 3.08. The molecule has 126 valence electrons. The van der Waals surface area contributed by atoms with Crippen molar-refractivity contribution in [2.75, 3.05) is 27.2 Å². The highest BCUT2D eigenvalue weighted by Gasteiger charge is 2.20. The summed E-state index contributed by atoms with van der Waals surface area (Å²) < 4.78 is 5.64. The first-order chi connectivity index (χ1) is 11.5. The van der Waals surface area contributed by atoms with Crippen LogP contribution in [0.3, 0.4) is 0 Å². The fraction of sp³-hybridized carbons (Fsp3) is 0.278. The number of carbonyl (C=O) groups is 1. The molecule has 0 fully saturated rings. The molecule has 0 aliphatic carbocycles. The number of carbonyl (C=O) groups excluding carboxylic acids is 1. The van der Waals surface area contributed by atoms with E-state index in [2.05, 4.69) is 16.3 Å². The smallest absolute Gasteiger partial charge is 0.250 e. The van der Waals surface area contributed by atoms with Crippen LogP contribution in [0.4, 0.5) is 0 Å². The third-order valence-electron chi connectivity index (χ3n) is 3.93. The Morgan fingerprint density at radius 1 is 1.42 bits per heavy atom. The minimum atomic E-state index is -0.107. The van der Waals surface area contributed by atoms with Crippen molar-refractivity contribution >= 4 is 34.9 Å². The number of ether oxygens (including phenoxy) is 1. The van der Waals surface area contributed by atoms with Gasteiger partial charge < -0.3 is 15.0 Å². The van der Waals surface area contributed by atoms with Gasteiger partial charge in [-0.2, -0.15) is 0 Å². The summed E-state index contributed by atoms with van der Waals surface area (Å²) in [6.07, 6.45) is 1.84. The number of amides is 1. The Bertz CT molecular complexity index is 756. The molecule has 0 spiro atoms. The molecule has 0 bridgehead atoms. The summed E-state index contributed by atoms with van der Waals surface area (Å²) in [6, 6.07) is 9.67. The van der Waals surface area contributed by atoms with E-state index in [0.29, 0.717) is 17.1 Å². The minimum absolute atomic E-state index is 0.107. The number of benzene rings is 1. The zero-order chi connectivity index (χ0) is 17.1. The third kappa shape index (κ3) is 3.80. The molecule has 4 nitrogen and oxygen atoms in total. The maximum Gasteiger partial charge on any atom is 0.250 e. The van der Waals surface area contributed by atoms with Crippen molar-refractivity contribution in [2.24, 2.45) is 0 Å². The van der Waals surface area contributed by atoms with E-state index in [1.165, 1.54) is 4.88 Å². The lowest BCUT2D eigenvalue weighted by molar-refractivity contribution is -0.118. The van der Waals surface area contributed by atoms with Gasteiger partial charge in [0.2, 0.25) is 0 Å². The highest BCUT2D eigenvalue weighted by Crippen LogP contribution is 2.29. The molecule has 1 atom stereocenters. The van der Waals surface area contributed by atoms with E-state index in [-0.39, 0.29) is 18.6 Å². The van der Waals surface area contributed by atoms with Crippen LogP contribution >= 0.6 is 22.9 Å². The van der Waals surface area contributed by atoms with E-state index < -0.39 is 0 Å². The van der Waals surface area contributed by atoms with Crippen molar-refractivity contribution in [2.45, 2.75) is 6.04 Å². The van der Waals surface area contributed by atoms with Crippen LogP contribution in [0.1, 0.15) is 16.5 Å². The first kappa shape index (κ1) is 17.0. The first-order valence-corrected chi connectivity index (χ1v) is 8.91. The van der Waals surface area contributed by atoms with Gasteiger partial charge in [-0.05, 0) is 49.8 Å². The Morgan fingerprint density at radius 3 is 2.96 bits per heavy atom. The Morgan fingerprint density at radius 2 is 2.25 bits per heavy atom. The number of hydrogen-bond acceptors (Lipinski definition) is 4. The van der Waals surface area contributed by atoms with Crippen LogP contribution in [0.25, 0.3) is 6.08 Å². The maximum absolute atomic E-state index is 12.5. The van der Waals surface area contributed by atoms with E-state index in [1.54, 1.807) is 23.5 Å². The molecule has 1 aromatic heterocycles. The second-order valence-electron chi connectivity index (χ2n) is 5.85. The fourth-order valence-electron chi connectivity index (χ4n) is 2.60. The number of hydrogen-bond donors (Lipinski definition) is 1. The van der Waals surface area contributed by atoms with Crippen LogP contribution in [-0.4, -0.2) is 38.1 Å². The van der Waals surface area contributed by atoms with Gasteiger partial charge in [0.1, 0.15) is 12.4 Å². The van der Waals surface area contributed by atoms with Crippen molar-refractivity contribution in [3.8, 4) is 5.75 Å². The van der Waals surface area contributed by atoms with Crippen LogP contribution in [0.15, 0.2) is 41.3 Å². The summed E-state index contributed by atoms with van der Waals surface area (Å²) in [5.74, 6) is 0.643. The van der Waals surface area contributed by atoms with Crippen molar-refractivity contribution in [3.63, 3.8) is 0 Å². The van der Waals surface area contributed by atoms with E-state index in [4.69, 9.17) is 16.3 Å². The number of nitrogens with one attached hydrogen (secondary N) is 1. The molecule has 2 aromatic rings. The molecule has 1 aliphatic rings. The first-order valence-electron chi connectivity index (χ1n) is 7.65. The maximum atomic E-state index is 12.5. The monoisotopic (exact) mass is 362 g/mol. The fourth-order valence-corrected chi connectivity index (χ4v) is 3.70. The largest absolute Gasteiger partial charge is 0.488 e. The molecular weight excluding hydrogens is 344 g/mol. The average molecular weight is 363 g/mol. The highest BCUT2D eigenvalue weighted by atomic mass is 35.5. The van der Waals surface area contributed by atoms with E-state index in [9.17, 15) is 4.79 Å². The van der Waals surface area contributed by atoms with Gasteiger partial charge in [0.25, 0.3) is 5.91 Å². The number of fused-ring (bicyclic) bond motifs is 1. The zero-order valence-electron chi connectivity index (χ0n) is 13.6. The molecule has 3 rings (SSSR count). The number of halogens is 1. The van der Waals surface area contributed by atoms with Gasteiger partial charge in [0.05, 0.1) is 11.6 Å². The topological polar surface area (TPSA) is 41.6 Å². The summed E-state index contributed by atoms with van der Waals surface area (Å²) in [4.78, 5) is 15.8. The van der Waals surface area contributed by atoms with Gasteiger partial charge in [0.15, 0.2) is 0 Å². The number of rotatable bonds is 5. The van der Waals surface area contributed by atoms with Gasteiger partial charge >= 0.3 is 0 Å². The van der Waals surface area contributed by atoms with Crippen LogP contribution < -0.4 is 10.1 Å². The molecule has 1 aliphatic heterocycles. The van der Waals surface area contributed by atoms with Crippen LogP contribution in [-0.2, 0) is 4.79 Å². The summed E-state index contributed by atoms with van der Waals surface area (Å²) >= 11 is 7.70. The van der Waals surface area contributed by atoms with E-state index >= 15 is 0 Å². The van der Waals surface area contributed by atoms with Crippen LogP contribution in [0.2, 0.25) is 5.02 Å². The summed E-state index contributed by atoms with van der Waals surface area (Å²) in [5, 5.41) is 5.69. The van der Waals surface area contributed by atoms with Gasteiger partial charge in [-0.25, -0.2) is 0 Å². The summed E-state index contributed by atoms with van der Waals surface area (Å²) in [6.45, 7) is 0.818. The van der Waals surface area contributed by atoms with Gasteiger partial charge in [-0.3, -0.25) is 4.79 Å². The standard InChI is InChI=1S/C18H19ClN2O2S/c1-21(2)15(17-4-3-7-24-17)10-20-18(22)13-8-12-9-14(19)5-6-16(12)23-11-13/h3-9,15H,10-11H2,1-2H3,(H,20,22). The Labute approximate surface area is 150 Å². The highest BCUT2D eigenvalue weighted by molar-refractivity contribution is 7.10. The van der Waals surface area contributed by atoms with E-state index in [1.807, 2.05) is 37.7 Å². The molecular formula is C18H19ClN2O2S. The van der Waals surface area contributed by atoms with Gasteiger partial charge in [-0.1, -0.05) is 17.7 Å². The molecule has 0 saturated carbocycles. The predicted molar refractivity (Wildman–Crippen MR) is 98.7 cm³/mol. The van der Waals surface area contributed by atoms with Gasteiger partial charge in [-0.15, -0.1) is 11.3 Å². The molecule has 6 heteroatoms. The second-order valence-corrected chi connectivity index (χ2v) is 7.26. The van der Waals surface area contributed by atoms with Crippen LogP contribution in [0, 0.1) is 0 Å². The van der Waals surface area contributed by atoms with Gasteiger partial charge in [0, 0.05) is 22.0 Å². The Kier molecular flexibility index (Phi) is 5.23. The predicted octanol–water partition coefficient (Wildman–Crippen LogP) is 3.60. The molecule has 1 unspecified atom stereocenters. The normalized spacial score (nSPS) is 14.6. The Balaban J connectivity index is 1.69. The van der Waals surface area contributed by atoms with E-state index in [0.717, 1.165) is 11.3 Å². The molecule has 1 amide bonds. The second kappa shape index (κ2) is 7.38. The number of nitrogens with zero attached hydrogens (tertiary/aromatic N) is 1. The third-order valence-corrected chi connectivity index (χ3v) is 5.14. The van der Waals surface area contributed by atoms with Crippen molar-refractivity contribution in [1.82, 2.24) is 10.2 Å². The molecule has 0 saturated heterocycles. The lowest BCUT2D eigenvalue weighted by Crippen LogP contribution is -2.36. The Hall–Kier alpha value is -1.82. The number of thiophene rings is 1. The molecule has 1 N–H and O–H groups in total. The van der Waals surface area contributed by atoms with Crippen molar-refractivity contribution < 1.29 is 9.53 Å².